The number of hydrogen-bond acceptors (Lipinski definition) is 5. The second-order valence-electron chi connectivity index (χ2n) is 10.8. The van der Waals surface area contributed by atoms with Crippen LogP contribution in [0.15, 0.2) is 42.5 Å². The van der Waals surface area contributed by atoms with Crippen LogP contribution in [0.1, 0.15) is 49.0 Å². The summed E-state index contributed by atoms with van der Waals surface area (Å²) >= 11 is 0. The van der Waals surface area contributed by atoms with Crippen molar-refractivity contribution < 1.29 is 19.4 Å². The number of aromatic hydroxyl groups is 1. The molecule has 6 rings (SSSR count). The van der Waals surface area contributed by atoms with Crippen LogP contribution in [0.2, 0.25) is 0 Å². The van der Waals surface area contributed by atoms with Gasteiger partial charge in [-0.15, -0.1) is 0 Å². The normalized spacial score (nSPS) is 24.3. The molecule has 2 aromatic carbocycles. The highest BCUT2D eigenvalue weighted by Gasteiger charge is 2.56. The highest BCUT2D eigenvalue weighted by atomic mass is 16.5. The molecule has 0 radical (unpaired) electrons. The zero-order chi connectivity index (χ0) is 25.7. The molecule has 2 unspecified atom stereocenters. The van der Waals surface area contributed by atoms with Crippen molar-refractivity contribution >= 4 is 22.7 Å². The van der Waals surface area contributed by atoms with Gasteiger partial charge in [0.25, 0.3) is 0 Å². The van der Waals surface area contributed by atoms with E-state index < -0.39 is 11.6 Å². The molecule has 0 aliphatic carbocycles. The zero-order valence-corrected chi connectivity index (χ0v) is 21.5. The van der Waals surface area contributed by atoms with Gasteiger partial charge in [-0.25, -0.2) is 0 Å². The van der Waals surface area contributed by atoms with Crippen molar-refractivity contribution in [2.45, 2.75) is 44.2 Å². The highest BCUT2D eigenvalue weighted by molar-refractivity contribution is 6.00. The summed E-state index contributed by atoms with van der Waals surface area (Å²) in [4.78, 5) is 37.5. The van der Waals surface area contributed by atoms with E-state index in [4.69, 9.17) is 4.74 Å². The number of carbonyl (C=O) groups excluding carboxylic acids is 2. The van der Waals surface area contributed by atoms with Crippen molar-refractivity contribution in [3.8, 4) is 11.5 Å². The number of aromatic nitrogens is 1. The van der Waals surface area contributed by atoms with Gasteiger partial charge in [-0.05, 0) is 74.3 Å². The predicted molar refractivity (Wildman–Crippen MR) is 141 cm³/mol. The number of rotatable bonds is 5. The molecule has 2 N–H and O–H groups in total. The number of benzene rings is 2. The molecule has 8 nitrogen and oxygen atoms in total. The smallest absolute Gasteiger partial charge is 0.249 e. The first-order valence-electron chi connectivity index (χ1n) is 13.2. The molecule has 0 spiro atoms. The monoisotopic (exact) mass is 502 g/mol. The molecule has 2 fully saturated rings. The lowest BCUT2D eigenvalue weighted by atomic mass is 9.78. The van der Waals surface area contributed by atoms with Crippen LogP contribution in [-0.2, 0) is 16.0 Å². The van der Waals surface area contributed by atoms with E-state index in [1.54, 1.807) is 35.1 Å². The van der Waals surface area contributed by atoms with Gasteiger partial charge in [-0.2, -0.15) is 0 Å². The van der Waals surface area contributed by atoms with E-state index in [2.05, 4.69) is 9.88 Å². The molecule has 1 aromatic heterocycles. The quantitative estimate of drug-likeness (QED) is 0.558. The SMILES string of the molecule is COc1ccc2[nH]c3c(c2c1)CC1(C)C(=O)N(CCN2CCCCC2)CC(=O)N1C3c1cccc(O)c1. The molecular formula is C29H34N4O4. The Hall–Kier alpha value is -3.52. The molecule has 2 atom stereocenters. The second kappa shape index (κ2) is 9.10. The maximum atomic E-state index is 14.2. The number of ether oxygens (including phenoxy) is 1. The lowest BCUT2D eigenvalue weighted by Crippen LogP contribution is -2.70. The van der Waals surface area contributed by atoms with Crippen molar-refractivity contribution in [1.82, 2.24) is 19.7 Å². The highest BCUT2D eigenvalue weighted by Crippen LogP contribution is 2.47. The maximum Gasteiger partial charge on any atom is 0.249 e. The molecule has 194 valence electrons. The summed E-state index contributed by atoms with van der Waals surface area (Å²) in [5.74, 6) is 0.779. The number of fused-ring (bicyclic) bond motifs is 4. The van der Waals surface area contributed by atoms with E-state index in [9.17, 15) is 14.7 Å². The first-order chi connectivity index (χ1) is 17.9. The molecule has 37 heavy (non-hydrogen) atoms. The molecule has 8 heteroatoms. The lowest BCUT2D eigenvalue weighted by molar-refractivity contribution is -0.167. The van der Waals surface area contributed by atoms with Gasteiger partial charge in [0.05, 0.1) is 19.7 Å². The second-order valence-corrected chi connectivity index (χ2v) is 10.8. The zero-order valence-electron chi connectivity index (χ0n) is 21.5. The number of methoxy groups -OCH3 is 1. The molecule has 0 saturated carbocycles. The number of carbonyl (C=O) groups is 2. The fourth-order valence-corrected chi connectivity index (χ4v) is 6.53. The third-order valence-corrected chi connectivity index (χ3v) is 8.39. The topological polar surface area (TPSA) is 89.1 Å². The number of phenols is 1. The van der Waals surface area contributed by atoms with Gasteiger partial charge in [0, 0.05) is 36.1 Å². The molecule has 2 amide bonds. The lowest BCUT2D eigenvalue weighted by Gasteiger charge is -2.53. The average Bonchev–Trinajstić information content (AvgIpc) is 3.26. The summed E-state index contributed by atoms with van der Waals surface area (Å²) < 4.78 is 5.50. The largest absolute Gasteiger partial charge is 0.508 e. The predicted octanol–water partition coefficient (Wildman–Crippen LogP) is 3.44. The van der Waals surface area contributed by atoms with E-state index in [0.29, 0.717) is 13.0 Å². The van der Waals surface area contributed by atoms with Crippen LogP contribution in [0.25, 0.3) is 10.9 Å². The molecule has 3 aliphatic heterocycles. The number of aromatic amines is 1. The molecule has 2 saturated heterocycles. The van der Waals surface area contributed by atoms with E-state index in [1.165, 1.54) is 19.3 Å². The molecular weight excluding hydrogens is 468 g/mol. The van der Waals surface area contributed by atoms with Gasteiger partial charge < -0.3 is 29.5 Å². The van der Waals surface area contributed by atoms with E-state index >= 15 is 0 Å². The van der Waals surface area contributed by atoms with Crippen LogP contribution in [0.4, 0.5) is 0 Å². The van der Waals surface area contributed by atoms with Gasteiger partial charge in [-0.3, -0.25) is 9.59 Å². The number of piperidine rings is 1. The summed E-state index contributed by atoms with van der Waals surface area (Å²) in [6, 6.07) is 12.4. The Morgan fingerprint density at radius 2 is 1.89 bits per heavy atom. The minimum Gasteiger partial charge on any atom is -0.508 e. The van der Waals surface area contributed by atoms with Crippen molar-refractivity contribution in [3.63, 3.8) is 0 Å². The van der Waals surface area contributed by atoms with Crippen LogP contribution in [0.3, 0.4) is 0 Å². The molecule has 3 aromatic rings. The average molecular weight is 503 g/mol. The van der Waals surface area contributed by atoms with Gasteiger partial charge in [0.2, 0.25) is 11.8 Å². The summed E-state index contributed by atoms with van der Waals surface area (Å²) in [6.07, 6.45) is 4.06. The number of hydrogen-bond donors (Lipinski definition) is 2. The van der Waals surface area contributed by atoms with E-state index in [1.807, 2.05) is 31.2 Å². The minimum atomic E-state index is -1.04. The van der Waals surface area contributed by atoms with Gasteiger partial charge >= 0.3 is 0 Å². The van der Waals surface area contributed by atoms with Crippen LogP contribution in [0, 0.1) is 0 Å². The number of piperazine rings is 1. The van der Waals surface area contributed by atoms with Crippen molar-refractivity contribution in [1.29, 1.82) is 0 Å². The number of nitrogens with one attached hydrogen (secondary N) is 1. The summed E-state index contributed by atoms with van der Waals surface area (Å²) in [5.41, 5.74) is 2.56. The van der Waals surface area contributed by atoms with Crippen molar-refractivity contribution in [2.75, 3.05) is 39.8 Å². The Labute approximate surface area is 216 Å². The van der Waals surface area contributed by atoms with Crippen LogP contribution in [-0.4, -0.2) is 82.0 Å². The standard InChI is InChI=1S/C29H34N4O4/c1-29-17-23-22-16-21(37-2)9-10-24(22)30-26(23)27(19-7-6-8-20(34)15-19)33(29)25(35)18-32(28(29)36)14-13-31-11-4-3-5-12-31/h6-10,15-16,27,30,34H,3-5,11-14,17-18H2,1-2H3. The van der Waals surface area contributed by atoms with Crippen LogP contribution >= 0.6 is 0 Å². The third kappa shape index (κ3) is 3.94. The fraction of sp³-hybridized carbons (Fsp3) is 0.448. The Balaban J connectivity index is 1.43. The first-order valence-corrected chi connectivity index (χ1v) is 13.2. The first kappa shape index (κ1) is 23.9. The Morgan fingerprint density at radius 3 is 2.65 bits per heavy atom. The van der Waals surface area contributed by atoms with E-state index in [-0.39, 0.29) is 24.1 Å². The van der Waals surface area contributed by atoms with E-state index in [0.717, 1.165) is 53.1 Å². The fourth-order valence-electron chi connectivity index (χ4n) is 6.53. The number of phenolic OH excluding ortho intramolecular Hbond substituents is 1. The number of amides is 2. The van der Waals surface area contributed by atoms with Gasteiger partial charge in [0.15, 0.2) is 0 Å². The van der Waals surface area contributed by atoms with Gasteiger partial charge in [-0.1, -0.05) is 18.6 Å². The van der Waals surface area contributed by atoms with Crippen LogP contribution < -0.4 is 4.74 Å². The maximum absolute atomic E-state index is 14.2. The van der Waals surface area contributed by atoms with Crippen LogP contribution in [0.5, 0.6) is 11.5 Å². The molecule has 4 heterocycles. The Morgan fingerprint density at radius 1 is 1.08 bits per heavy atom. The number of likely N-dealkylation sites (tertiary alicyclic amines) is 1. The van der Waals surface area contributed by atoms with Crippen molar-refractivity contribution in [3.05, 3.63) is 59.3 Å². The minimum absolute atomic E-state index is 0.0165. The third-order valence-electron chi connectivity index (χ3n) is 8.39. The van der Waals surface area contributed by atoms with Crippen molar-refractivity contribution in [2.24, 2.45) is 0 Å². The molecule has 3 aliphatic rings. The summed E-state index contributed by atoms with van der Waals surface area (Å²) in [5, 5.41) is 11.3. The Bertz CT molecular complexity index is 1360. The summed E-state index contributed by atoms with van der Waals surface area (Å²) in [6.45, 7) is 5.43. The van der Waals surface area contributed by atoms with Gasteiger partial charge in [0.1, 0.15) is 17.0 Å². The number of nitrogens with zero attached hydrogens (tertiary/aromatic N) is 3. The summed E-state index contributed by atoms with van der Waals surface area (Å²) in [7, 11) is 1.64. The molecule has 0 bridgehead atoms. The number of H-pyrrole nitrogens is 1. The Kier molecular flexibility index (Phi) is 5.87.